The molecule has 2 rings (SSSR count). The number of nitrogens with one attached hydrogen (secondary N) is 2. The van der Waals surface area contributed by atoms with Gasteiger partial charge in [0.25, 0.3) is 0 Å². The van der Waals surface area contributed by atoms with Crippen molar-refractivity contribution in [2.45, 2.75) is 6.92 Å². The molecule has 0 bridgehead atoms. The van der Waals surface area contributed by atoms with Crippen molar-refractivity contribution in [2.75, 3.05) is 18.5 Å². The van der Waals surface area contributed by atoms with Crippen LogP contribution in [0.3, 0.4) is 0 Å². The minimum Gasteiger partial charge on any atom is -0.491 e. The average molecular weight is 384 g/mol. The lowest BCUT2D eigenvalue weighted by Gasteiger charge is -2.11. The maximum Gasteiger partial charge on any atom is 0.319 e. The first-order valence-electron chi connectivity index (χ1n) is 6.75. The number of hydrogen-bond acceptors (Lipinski definition) is 2. The normalized spacial score (nSPS) is 10.1. The Bertz CT molecular complexity index is 664. The Kier molecular flexibility index (Phi) is 6.10. The molecule has 2 aromatic carbocycles. The van der Waals surface area contributed by atoms with Crippen LogP contribution in [0.4, 0.5) is 10.5 Å². The van der Waals surface area contributed by atoms with E-state index in [1.165, 1.54) is 0 Å². The van der Waals surface area contributed by atoms with Gasteiger partial charge in [-0.15, -0.1) is 0 Å². The Hall–Kier alpha value is -1.72. The number of rotatable bonds is 5. The smallest absolute Gasteiger partial charge is 0.319 e. The number of carbonyl (C=O) groups is 1. The Morgan fingerprint density at radius 3 is 2.77 bits per heavy atom. The molecule has 0 heterocycles. The zero-order chi connectivity index (χ0) is 15.9. The molecule has 6 heteroatoms. The summed E-state index contributed by atoms with van der Waals surface area (Å²) in [4.78, 5) is 11.8. The van der Waals surface area contributed by atoms with Crippen LogP contribution in [0.1, 0.15) is 5.56 Å². The summed E-state index contributed by atoms with van der Waals surface area (Å²) in [5.41, 5.74) is 1.53. The van der Waals surface area contributed by atoms with Crippen LogP contribution in [0.2, 0.25) is 5.02 Å². The van der Waals surface area contributed by atoms with Crippen LogP contribution in [0, 0.1) is 6.92 Å². The zero-order valence-electron chi connectivity index (χ0n) is 12.0. The summed E-state index contributed by atoms with van der Waals surface area (Å²) in [6.07, 6.45) is 0. The van der Waals surface area contributed by atoms with Gasteiger partial charge in [0.05, 0.1) is 11.0 Å². The predicted octanol–water partition coefficient (Wildman–Crippen LogP) is 4.61. The highest BCUT2D eigenvalue weighted by molar-refractivity contribution is 9.10. The van der Waals surface area contributed by atoms with Crippen molar-refractivity contribution in [3.05, 3.63) is 57.5 Å². The molecular formula is C16H16BrClN2O2. The van der Waals surface area contributed by atoms with Gasteiger partial charge in [-0.2, -0.15) is 0 Å². The van der Waals surface area contributed by atoms with Gasteiger partial charge < -0.3 is 15.4 Å². The van der Waals surface area contributed by atoms with Gasteiger partial charge in [-0.25, -0.2) is 4.79 Å². The highest BCUT2D eigenvalue weighted by Crippen LogP contribution is 2.24. The molecule has 116 valence electrons. The summed E-state index contributed by atoms with van der Waals surface area (Å²) in [7, 11) is 0. The molecule has 4 nitrogen and oxygen atoms in total. The van der Waals surface area contributed by atoms with Crippen molar-refractivity contribution < 1.29 is 9.53 Å². The number of carbonyl (C=O) groups excluding carboxylic acids is 1. The number of hydrogen-bond donors (Lipinski definition) is 2. The molecule has 0 aliphatic heterocycles. The first-order chi connectivity index (χ1) is 10.6. The molecule has 22 heavy (non-hydrogen) atoms. The topological polar surface area (TPSA) is 50.4 Å². The van der Waals surface area contributed by atoms with Crippen LogP contribution < -0.4 is 15.4 Å². The second-order valence-corrected chi connectivity index (χ2v) is 5.83. The summed E-state index contributed by atoms with van der Waals surface area (Å²) in [6, 6.07) is 12.7. The summed E-state index contributed by atoms with van der Waals surface area (Å²) in [5, 5.41) is 6.12. The fraction of sp³-hybridized carbons (Fsp3) is 0.188. The molecule has 0 fully saturated rings. The second kappa shape index (κ2) is 8.06. The van der Waals surface area contributed by atoms with Gasteiger partial charge in [0.15, 0.2) is 0 Å². The minimum absolute atomic E-state index is 0.291. The van der Waals surface area contributed by atoms with Gasteiger partial charge in [-0.05, 0) is 52.7 Å². The van der Waals surface area contributed by atoms with Gasteiger partial charge >= 0.3 is 6.03 Å². The fourth-order valence-electron chi connectivity index (χ4n) is 1.80. The zero-order valence-corrected chi connectivity index (χ0v) is 14.4. The number of halogens is 2. The molecule has 0 saturated carbocycles. The first kappa shape index (κ1) is 16.6. The molecule has 0 spiro atoms. The lowest BCUT2D eigenvalue weighted by molar-refractivity contribution is 0.247. The second-order valence-electron chi connectivity index (χ2n) is 4.57. The molecule has 2 amide bonds. The van der Waals surface area contributed by atoms with E-state index in [9.17, 15) is 4.79 Å². The summed E-state index contributed by atoms with van der Waals surface area (Å²) in [6.45, 7) is 2.63. The van der Waals surface area contributed by atoms with Crippen LogP contribution in [0.5, 0.6) is 5.75 Å². The molecule has 0 saturated heterocycles. The van der Waals surface area contributed by atoms with Gasteiger partial charge in [-0.3, -0.25) is 0 Å². The third kappa shape index (κ3) is 4.64. The lowest BCUT2D eigenvalue weighted by Crippen LogP contribution is -2.32. The number of anilines is 1. The number of benzene rings is 2. The number of amides is 2. The third-order valence-electron chi connectivity index (χ3n) is 3.00. The largest absolute Gasteiger partial charge is 0.491 e. The minimum atomic E-state index is -0.291. The van der Waals surface area contributed by atoms with Crippen molar-refractivity contribution >= 4 is 39.2 Å². The lowest BCUT2D eigenvalue weighted by atomic mass is 10.2. The molecule has 0 aliphatic carbocycles. The molecular weight excluding hydrogens is 368 g/mol. The molecule has 0 radical (unpaired) electrons. The van der Waals surface area contributed by atoms with Crippen LogP contribution >= 0.6 is 27.5 Å². The van der Waals surface area contributed by atoms with Crippen molar-refractivity contribution in [3.63, 3.8) is 0 Å². The van der Waals surface area contributed by atoms with Crippen molar-refractivity contribution in [2.24, 2.45) is 0 Å². The highest BCUT2D eigenvalue weighted by atomic mass is 79.9. The maximum absolute atomic E-state index is 11.8. The first-order valence-corrected chi connectivity index (χ1v) is 7.92. The molecule has 0 aromatic heterocycles. The summed E-state index contributed by atoms with van der Waals surface area (Å²) < 4.78 is 6.45. The van der Waals surface area contributed by atoms with Gasteiger partial charge in [0.2, 0.25) is 0 Å². The fourth-order valence-corrected chi connectivity index (χ4v) is 2.37. The van der Waals surface area contributed by atoms with E-state index in [0.29, 0.717) is 23.9 Å². The Morgan fingerprint density at radius 1 is 1.23 bits per heavy atom. The van der Waals surface area contributed by atoms with Crippen molar-refractivity contribution in [1.29, 1.82) is 0 Å². The predicted molar refractivity (Wildman–Crippen MR) is 92.8 cm³/mol. The third-order valence-corrected chi connectivity index (χ3v) is 4.06. The van der Waals surface area contributed by atoms with Gasteiger partial charge in [-0.1, -0.05) is 29.8 Å². The Labute approximate surface area is 142 Å². The highest BCUT2D eigenvalue weighted by Gasteiger charge is 2.06. The van der Waals surface area contributed by atoms with Crippen molar-refractivity contribution in [1.82, 2.24) is 5.32 Å². The quantitative estimate of drug-likeness (QED) is 0.741. The standard InChI is InChI=1S/C16H16BrClN2O2/c1-11-13(18)6-4-7-14(11)20-16(21)19-9-10-22-15-8-3-2-5-12(15)17/h2-8H,9-10H2,1H3,(H2,19,20,21). The number of ether oxygens (including phenoxy) is 1. The monoisotopic (exact) mass is 382 g/mol. The molecule has 0 aliphatic rings. The molecule has 0 atom stereocenters. The SMILES string of the molecule is Cc1c(Cl)cccc1NC(=O)NCCOc1ccccc1Br. The van der Waals surface area contributed by atoms with Crippen LogP contribution in [0.25, 0.3) is 0 Å². The van der Waals surface area contributed by atoms with Crippen LogP contribution in [-0.4, -0.2) is 19.2 Å². The van der Waals surface area contributed by atoms with E-state index in [1.54, 1.807) is 18.2 Å². The number of para-hydroxylation sites is 1. The molecule has 0 unspecified atom stereocenters. The maximum atomic E-state index is 11.8. The van der Waals surface area contributed by atoms with E-state index >= 15 is 0 Å². The average Bonchev–Trinajstić information content (AvgIpc) is 2.50. The Balaban J connectivity index is 1.76. The molecule has 2 aromatic rings. The van der Waals surface area contributed by atoms with E-state index in [-0.39, 0.29) is 6.03 Å². The van der Waals surface area contributed by atoms with E-state index < -0.39 is 0 Å². The van der Waals surface area contributed by atoms with E-state index in [0.717, 1.165) is 15.8 Å². The van der Waals surface area contributed by atoms with Gasteiger partial charge in [0.1, 0.15) is 12.4 Å². The Morgan fingerprint density at radius 2 is 2.00 bits per heavy atom. The summed E-state index contributed by atoms with van der Waals surface area (Å²) >= 11 is 9.41. The van der Waals surface area contributed by atoms with Gasteiger partial charge in [0, 0.05) is 10.7 Å². The van der Waals surface area contributed by atoms with Crippen LogP contribution in [-0.2, 0) is 0 Å². The van der Waals surface area contributed by atoms with E-state index in [2.05, 4.69) is 26.6 Å². The number of urea groups is 1. The summed E-state index contributed by atoms with van der Waals surface area (Å²) in [5.74, 6) is 0.746. The molecule has 2 N–H and O–H groups in total. The van der Waals surface area contributed by atoms with Crippen LogP contribution in [0.15, 0.2) is 46.9 Å². The van der Waals surface area contributed by atoms with Crippen molar-refractivity contribution in [3.8, 4) is 5.75 Å². The van der Waals surface area contributed by atoms with E-state index in [1.807, 2.05) is 31.2 Å². The van der Waals surface area contributed by atoms with E-state index in [4.69, 9.17) is 16.3 Å².